The molecule has 0 aromatic carbocycles. The van der Waals surface area contributed by atoms with Gasteiger partial charge in [-0.2, -0.15) is 0 Å². The zero-order valence-corrected chi connectivity index (χ0v) is 9.91. The lowest BCUT2D eigenvalue weighted by Crippen LogP contribution is -2.33. The number of aliphatic hydroxyl groups is 1. The lowest BCUT2D eigenvalue weighted by atomic mass is 10.3. The zero-order chi connectivity index (χ0) is 10.9. The van der Waals surface area contributed by atoms with Crippen molar-refractivity contribution in [3.05, 3.63) is 0 Å². The normalized spacial score (nSPS) is 20.4. The highest BCUT2D eigenvalue weighted by Crippen LogP contribution is 2.02. The van der Waals surface area contributed by atoms with Crippen LogP contribution in [-0.2, 0) is 0 Å². The van der Waals surface area contributed by atoms with Gasteiger partial charge in [0.1, 0.15) is 0 Å². The van der Waals surface area contributed by atoms with E-state index in [2.05, 4.69) is 15.1 Å². The van der Waals surface area contributed by atoms with E-state index >= 15 is 0 Å². The van der Waals surface area contributed by atoms with E-state index in [4.69, 9.17) is 5.11 Å². The third-order valence-electron chi connectivity index (χ3n) is 3.00. The van der Waals surface area contributed by atoms with E-state index in [1.807, 2.05) is 7.05 Å². The lowest BCUT2D eigenvalue weighted by Gasteiger charge is -2.21. The van der Waals surface area contributed by atoms with Crippen LogP contribution < -0.4 is 5.32 Å². The van der Waals surface area contributed by atoms with Crippen LogP contribution in [0.3, 0.4) is 0 Å². The Morgan fingerprint density at radius 1 is 1.07 bits per heavy atom. The molecule has 0 amide bonds. The first-order chi connectivity index (χ1) is 7.36. The fourth-order valence-electron chi connectivity index (χ4n) is 2.09. The second-order valence-electron chi connectivity index (χ2n) is 4.22. The standard InChI is InChI=1S/C11H25N3O/c1-12-4-2-5-13-6-3-7-14(9-8-13)10-11-15/h12,15H,2-11H2,1H3. The summed E-state index contributed by atoms with van der Waals surface area (Å²) in [6.07, 6.45) is 2.47. The average Bonchev–Trinajstić information content (AvgIpc) is 2.45. The summed E-state index contributed by atoms with van der Waals surface area (Å²) in [4.78, 5) is 4.90. The average molecular weight is 215 g/mol. The number of hydrogen-bond acceptors (Lipinski definition) is 4. The summed E-state index contributed by atoms with van der Waals surface area (Å²) in [6, 6.07) is 0. The van der Waals surface area contributed by atoms with Gasteiger partial charge in [0.25, 0.3) is 0 Å². The molecular weight excluding hydrogens is 190 g/mol. The van der Waals surface area contributed by atoms with Crippen molar-refractivity contribution in [3.63, 3.8) is 0 Å². The molecule has 1 heterocycles. The van der Waals surface area contributed by atoms with Crippen LogP contribution in [0.4, 0.5) is 0 Å². The number of hydrogen-bond donors (Lipinski definition) is 2. The molecule has 15 heavy (non-hydrogen) atoms. The van der Waals surface area contributed by atoms with Crippen molar-refractivity contribution in [3.8, 4) is 0 Å². The van der Waals surface area contributed by atoms with Gasteiger partial charge in [-0.15, -0.1) is 0 Å². The minimum atomic E-state index is 0.291. The molecule has 1 rings (SSSR count). The van der Waals surface area contributed by atoms with Gasteiger partial charge >= 0.3 is 0 Å². The molecular formula is C11H25N3O. The molecule has 0 bridgehead atoms. The fraction of sp³-hybridized carbons (Fsp3) is 1.00. The molecule has 90 valence electrons. The van der Waals surface area contributed by atoms with E-state index in [1.54, 1.807) is 0 Å². The van der Waals surface area contributed by atoms with Gasteiger partial charge in [0.05, 0.1) is 6.61 Å². The first-order valence-corrected chi connectivity index (χ1v) is 6.07. The van der Waals surface area contributed by atoms with Gasteiger partial charge in [-0.05, 0) is 46.1 Å². The lowest BCUT2D eigenvalue weighted by molar-refractivity contribution is 0.196. The van der Waals surface area contributed by atoms with E-state index in [0.29, 0.717) is 6.61 Å². The maximum Gasteiger partial charge on any atom is 0.0558 e. The molecule has 0 aliphatic carbocycles. The minimum Gasteiger partial charge on any atom is -0.395 e. The van der Waals surface area contributed by atoms with Crippen molar-refractivity contribution >= 4 is 0 Å². The Labute approximate surface area is 93.2 Å². The van der Waals surface area contributed by atoms with E-state index in [-0.39, 0.29) is 0 Å². The van der Waals surface area contributed by atoms with Crippen LogP contribution in [0.25, 0.3) is 0 Å². The summed E-state index contributed by atoms with van der Waals surface area (Å²) in [7, 11) is 2.01. The van der Waals surface area contributed by atoms with Crippen molar-refractivity contribution in [1.29, 1.82) is 0 Å². The molecule has 2 N–H and O–H groups in total. The van der Waals surface area contributed by atoms with E-state index in [1.165, 1.54) is 25.9 Å². The molecule has 0 atom stereocenters. The predicted octanol–water partition coefficient (Wildman–Crippen LogP) is -0.404. The van der Waals surface area contributed by atoms with Gasteiger partial charge in [0.2, 0.25) is 0 Å². The molecule has 4 heteroatoms. The quantitative estimate of drug-likeness (QED) is 0.591. The smallest absolute Gasteiger partial charge is 0.0558 e. The van der Waals surface area contributed by atoms with Crippen molar-refractivity contribution in [1.82, 2.24) is 15.1 Å². The van der Waals surface area contributed by atoms with Gasteiger partial charge in [-0.3, -0.25) is 4.90 Å². The molecule has 1 fully saturated rings. The van der Waals surface area contributed by atoms with E-state index < -0.39 is 0 Å². The molecule has 0 radical (unpaired) electrons. The number of aliphatic hydroxyl groups excluding tert-OH is 1. The van der Waals surface area contributed by atoms with Gasteiger partial charge in [0, 0.05) is 19.6 Å². The first kappa shape index (κ1) is 12.9. The van der Waals surface area contributed by atoms with Crippen LogP contribution in [0.5, 0.6) is 0 Å². The highest BCUT2D eigenvalue weighted by Gasteiger charge is 2.13. The summed E-state index contributed by atoms with van der Waals surface area (Å²) in [5, 5.41) is 12.1. The number of rotatable bonds is 6. The Morgan fingerprint density at radius 3 is 2.33 bits per heavy atom. The number of nitrogens with zero attached hydrogens (tertiary/aromatic N) is 2. The summed E-state index contributed by atoms with van der Waals surface area (Å²) in [6.45, 7) is 8.06. The van der Waals surface area contributed by atoms with Crippen LogP contribution in [0.15, 0.2) is 0 Å². The molecule has 0 spiro atoms. The summed E-state index contributed by atoms with van der Waals surface area (Å²) in [5.74, 6) is 0. The first-order valence-electron chi connectivity index (χ1n) is 6.07. The van der Waals surface area contributed by atoms with Gasteiger partial charge in [-0.1, -0.05) is 0 Å². The SMILES string of the molecule is CNCCCN1CCCN(CCO)CC1. The Kier molecular flexibility index (Phi) is 6.92. The highest BCUT2D eigenvalue weighted by molar-refractivity contribution is 4.69. The molecule has 0 saturated carbocycles. The molecule has 0 aromatic heterocycles. The van der Waals surface area contributed by atoms with Crippen molar-refractivity contribution in [2.75, 3.05) is 59.5 Å². The summed E-state index contributed by atoms with van der Waals surface area (Å²) >= 11 is 0. The van der Waals surface area contributed by atoms with Gasteiger partial charge in [-0.25, -0.2) is 0 Å². The molecule has 0 aromatic rings. The maximum absolute atomic E-state index is 8.89. The van der Waals surface area contributed by atoms with Gasteiger partial charge in [0.15, 0.2) is 0 Å². The monoisotopic (exact) mass is 215 g/mol. The predicted molar refractivity (Wildman–Crippen MR) is 63.1 cm³/mol. The van der Waals surface area contributed by atoms with Crippen molar-refractivity contribution in [2.45, 2.75) is 12.8 Å². The maximum atomic E-state index is 8.89. The number of nitrogens with one attached hydrogen (secondary N) is 1. The van der Waals surface area contributed by atoms with Crippen LogP contribution in [0.2, 0.25) is 0 Å². The third-order valence-corrected chi connectivity index (χ3v) is 3.00. The zero-order valence-electron chi connectivity index (χ0n) is 9.91. The molecule has 4 nitrogen and oxygen atoms in total. The Balaban J connectivity index is 2.14. The third kappa shape index (κ3) is 5.47. The highest BCUT2D eigenvalue weighted by atomic mass is 16.3. The number of β-amino-alcohol motifs (C(OH)–C–C–N with tert-alkyl or cyclic N) is 1. The van der Waals surface area contributed by atoms with E-state index in [9.17, 15) is 0 Å². The Bertz CT molecular complexity index is 155. The van der Waals surface area contributed by atoms with Crippen LogP contribution in [0, 0.1) is 0 Å². The second-order valence-corrected chi connectivity index (χ2v) is 4.22. The molecule has 1 saturated heterocycles. The van der Waals surface area contributed by atoms with E-state index in [0.717, 1.165) is 32.7 Å². The molecule has 1 aliphatic rings. The van der Waals surface area contributed by atoms with Gasteiger partial charge < -0.3 is 15.3 Å². The summed E-state index contributed by atoms with van der Waals surface area (Å²) < 4.78 is 0. The fourth-order valence-corrected chi connectivity index (χ4v) is 2.09. The second kappa shape index (κ2) is 8.05. The van der Waals surface area contributed by atoms with Crippen molar-refractivity contribution in [2.24, 2.45) is 0 Å². The minimum absolute atomic E-state index is 0.291. The largest absolute Gasteiger partial charge is 0.395 e. The molecule has 0 unspecified atom stereocenters. The van der Waals surface area contributed by atoms with Crippen LogP contribution >= 0.6 is 0 Å². The van der Waals surface area contributed by atoms with Crippen LogP contribution in [0.1, 0.15) is 12.8 Å². The van der Waals surface area contributed by atoms with Crippen LogP contribution in [-0.4, -0.2) is 74.4 Å². The van der Waals surface area contributed by atoms with Crippen molar-refractivity contribution < 1.29 is 5.11 Å². The Morgan fingerprint density at radius 2 is 1.73 bits per heavy atom. The Hall–Kier alpha value is -0.160. The topological polar surface area (TPSA) is 38.7 Å². The summed E-state index contributed by atoms with van der Waals surface area (Å²) in [5.41, 5.74) is 0. The molecule has 1 aliphatic heterocycles.